The van der Waals surface area contributed by atoms with E-state index in [-0.39, 0.29) is 18.4 Å². The first kappa shape index (κ1) is 13.9. The minimum absolute atomic E-state index is 0.0837. The van der Waals surface area contributed by atoms with Gasteiger partial charge in [-0.3, -0.25) is 9.59 Å². The molecule has 2 heterocycles. The lowest BCUT2D eigenvalue weighted by atomic mass is 9.86. The maximum absolute atomic E-state index is 12.4. The lowest BCUT2D eigenvalue weighted by Gasteiger charge is -2.45. The summed E-state index contributed by atoms with van der Waals surface area (Å²) in [5.41, 5.74) is -0.396. The zero-order valence-corrected chi connectivity index (χ0v) is 12.3. The average molecular weight is 280 g/mol. The summed E-state index contributed by atoms with van der Waals surface area (Å²) in [4.78, 5) is 28.5. The summed E-state index contributed by atoms with van der Waals surface area (Å²) in [6.45, 7) is 4.54. The summed E-state index contributed by atoms with van der Waals surface area (Å²) in [6.07, 6.45) is 6.01. The highest BCUT2D eigenvalue weighted by atomic mass is 16.5. The largest absolute Gasteiger partial charge is 0.379 e. The molecule has 5 nitrogen and oxygen atoms in total. The van der Waals surface area contributed by atoms with Crippen LogP contribution >= 0.6 is 0 Å². The smallest absolute Gasteiger partial charge is 0.242 e. The standard InChI is InChI=1S/C15H24N2O3/c1-15(10-20-11-15)14(19)16-7-8-17(13(18)9-16)12-5-3-2-4-6-12/h12H,2-11H2,1H3. The summed E-state index contributed by atoms with van der Waals surface area (Å²) in [7, 11) is 0. The second kappa shape index (κ2) is 5.35. The summed E-state index contributed by atoms with van der Waals surface area (Å²) in [6, 6.07) is 0.413. The third-order valence-electron chi connectivity index (χ3n) is 4.92. The topological polar surface area (TPSA) is 49.9 Å². The molecule has 0 aromatic heterocycles. The number of ether oxygens (including phenoxy) is 1. The van der Waals surface area contributed by atoms with Crippen LogP contribution in [0.3, 0.4) is 0 Å². The maximum Gasteiger partial charge on any atom is 0.242 e. The van der Waals surface area contributed by atoms with Gasteiger partial charge < -0.3 is 14.5 Å². The van der Waals surface area contributed by atoms with Crippen molar-refractivity contribution >= 4 is 11.8 Å². The van der Waals surface area contributed by atoms with Gasteiger partial charge in [-0.2, -0.15) is 0 Å². The molecule has 5 heteroatoms. The van der Waals surface area contributed by atoms with Crippen molar-refractivity contribution in [2.45, 2.75) is 45.1 Å². The molecule has 0 radical (unpaired) electrons. The van der Waals surface area contributed by atoms with E-state index in [1.165, 1.54) is 19.3 Å². The summed E-state index contributed by atoms with van der Waals surface area (Å²) in [5, 5.41) is 0. The van der Waals surface area contributed by atoms with Crippen molar-refractivity contribution in [2.24, 2.45) is 5.41 Å². The van der Waals surface area contributed by atoms with Crippen LogP contribution in [-0.4, -0.2) is 60.5 Å². The first-order valence-electron chi connectivity index (χ1n) is 7.77. The van der Waals surface area contributed by atoms with Crippen LogP contribution in [0.1, 0.15) is 39.0 Å². The molecule has 20 heavy (non-hydrogen) atoms. The number of hydrogen-bond acceptors (Lipinski definition) is 3. The fourth-order valence-corrected chi connectivity index (χ4v) is 3.55. The van der Waals surface area contributed by atoms with Crippen molar-refractivity contribution in [2.75, 3.05) is 32.8 Å². The van der Waals surface area contributed by atoms with Gasteiger partial charge in [-0.15, -0.1) is 0 Å². The Hall–Kier alpha value is -1.10. The minimum Gasteiger partial charge on any atom is -0.379 e. The average Bonchev–Trinajstić information content (AvgIpc) is 2.45. The number of carbonyl (C=O) groups excluding carboxylic acids is 2. The van der Waals surface area contributed by atoms with Gasteiger partial charge in [0.1, 0.15) is 0 Å². The minimum atomic E-state index is -0.396. The molecule has 0 aromatic rings. The molecule has 1 saturated carbocycles. The van der Waals surface area contributed by atoms with Crippen LogP contribution in [0.2, 0.25) is 0 Å². The fraction of sp³-hybridized carbons (Fsp3) is 0.867. The monoisotopic (exact) mass is 280 g/mol. The summed E-state index contributed by atoms with van der Waals surface area (Å²) in [5.74, 6) is 0.209. The molecule has 112 valence electrons. The Morgan fingerprint density at radius 3 is 2.45 bits per heavy atom. The van der Waals surface area contributed by atoms with Gasteiger partial charge in [-0.1, -0.05) is 19.3 Å². The molecule has 0 N–H and O–H groups in total. The highest BCUT2D eigenvalue weighted by molar-refractivity contribution is 5.89. The number of hydrogen-bond donors (Lipinski definition) is 0. The summed E-state index contributed by atoms with van der Waals surface area (Å²) < 4.78 is 5.15. The number of piperazine rings is 1. The van der Waals surface area contributed by atoms with Gasteiger partial charge >= 0.3 is 0 Å². The predicted octanol–water partition coefficient (Wildman–Crippen LogP) is 1.03. The molecule has 2 amide bonds. The Bertz CT molecular complexity index is 400. The van der Waals surface area contributed by atoms with E-state index in [1.807, 2.05) is 11.8 Å². The molecule has 1 aliphatic carbocycles. The molecule has 3 rings (SSSR count). The second-order valence-electron chi connectivity index (χ2n) is 6.66. The number of carbonyl (C=O) groups is 2. The highest BCUT2D eigenvalue weighted by Gasteiger charge is 2.45. The van der Waals surface area contributed by atoms with E-state index in [2.05, 4.69) is 0 Å². The van der Waals surface area contributed by atoms with Crippen LogP contribution in [0.25, 0.3) is 0 Å². The molecule has 0 atom stereocenters. The van der Waals surface area contributed by atoms with Gasteiger partial charge in [0.05, 0.1) is 25.2 Å². The third-order valence-corrected chi connectivity index (χ3v) is 4.92. The van der Waals surface area contributed by atoms with E-state index in [0.29, 0.717) is 32.3 Å². The molecule has 0 spiro atoms. The lowest BCUT2D eigenvalue weighted by molar-refractivity contribution is -0.173. The highest BCUT2D eigenvalue weighted by Crippen LogP contribution is 2.30. The van der Waals surface area contributed by atoms with E-state index < -0.39 is 5.41 Å². The Labute approximate surface area is 120 Å². The van der Waals surface area contributed by atoms with Crippen molar-refractivity contribution in [1.82, 2.24) is 9.80 Å². The van der Waals surface area contributed by atoms with Crippen molar-refractivity contribution in [1.29, 1.82) is 0 Å². The van der Waals surface area contributed by atoms with Gasteiger partial charge in [-0.05, 0) is 19.8 Å². The third kappa shape index (κ3) is 2.43. The summed E-state index contributed by atoms with van der Waals surface area (Å²) >= 11 is 0. The molecule has 0 aromatic carbocycles. The molecule has 3 fully saturated rings. The van der Waals surface area contributed by atoms with E-state index in [1.54, 1.807) is 4.90 Å². The Morgan fingerprint density at radius 1 is 1.20 bits per heavy atom. The van der Waals surface area contributed by atoms with Crippen LogP contribution in [0.4, 0.5) is 0 Å². The van der Waals surface area contributed by atoms with Crippen LogP contribution in [0.5, 0.6) is 0 Å². The Morgan fingerprint density at radius 2 is 1.90 bits per heavy atom. The first-order valence-corrected chi connectivity index (χ1v) is 7.77. The van der Waals surface area contributed by atoms with Gasteiger partial charge in [0, 0.05) is 19.1 Å². The SMILES string of the molecule is CC1(C(=O)N2CCN(C3CCCCC3)C(=O)C2)COC1. The molecule has 3 aliphatic rings. The van der Waals surface area contributed by atoms with Gasteiger partial charge in [0.25, 0.3) is 0 Å². The predicted molar refractivity (Wildman–Crippen MR) is 74.1 cm³/mol. The van der Waals surface area contributed by atoms with Crippen molar-refractivity contribution in [3.63, 3.8) is 0 Å². The molecular formula is C15H24N2O3. The van der Waals surface area contributed by atoms with Gasteiger partial charge in [-0.25, -0.2) is 0 Å². The van der Waals surface area contributed by atoms with Crippen LogP contribution < -0.4 is 0 Å². The molecular weight excluding hydrogens is 256 g/mol. The maximum atomic E-state index is 12.4. The number of rotatable bonds is 2. The fourth-order valence-electron chi connectivity index (χ4n) is 3.55. The number of amides is 2. The van der Waals surface area contributed by atoms with E-state index in [4.69, 9.17) is 4.74 Å². The Kier molecular flexibility index (Phi) is 3.71. The molecule has 2 aliphatic heterocycles. The van der Waals surface area contributed by atoms with Gasteiger partial charge in [0.2, 0.25) is 11.8 Å². The molecule has 2 saturated heterocycles. The van der Waals surface area contributed by atoms with E-state index in [0.717, 1.165) is 12.8 Å². The lowest BCUT2D eigenvalue weighted by Crippen LogP contribution is -2.60. The van der Waals surface area contributed by atoms with Gasteiger partial charge in [0.15, 0.2) is 0 Å². The van der Waals surface area contributed by atoms with Crippen LogP contribution in [0.15, 0.2) is 0 Å². The quantitative estimate of drug-likeness (QED) is 0.759. The molecule has 0 bridgehead atoms. The zero-order chi connectivity index (χ0) is 14.2. The second-order valence-corrected chi connectivity index (χ2v) is 6.66. The van der Waals surface area contributed by atoms with Crippen LogP contribution in [-0.2, 0) is 14.3 Å². The number of nitrogens with zero attached hydrogens (tertiary/aromatic N) is 2. The van der Waals surface area contributed by atoms with Crippen molar-refractivity contribution < 1.29 is 14.3 Å². The van der Waals surface area contributed by atoms with Crippen LogP contribution in [0, 0.1) is 5.41 Å². The van der Waals surface area contributed by atoms with E-state index in [9.17, 15) is 9.59 Å². The molecule has 0 unspecified atom stereocenters. The van der Waals surface area contributed by atoms with Crippen molar-refractivity contribution in [3.05, 3.63) is 0 Å². The van der Waals surface area contributed by atoms with Crippen molar-refractivity contribution in [3.8, 4) is 0 Å². The van der Waals surface area contributed by atoms with E-state index >= 15 is 0 Å². The normalized spacial score (nSPS) is 27.4. The zero-order valence-electron chi connectivity index (χ0n) is 12.3. The first-order chi connectivity index (χ1) is 9.60. The Balaban J connectivity index is 1.59.